The summed E-state index contributed by atoms with van der Waals surface area (Å²) in [6.45, 7) is 9.53. The molecule has 4 heteroatoms. The maximum Gasteiger partial charge on any atom is 0.131 e. The third-order valence-corrected chi connectivity index (χ3v) is 3.43. The fraction of sp³-hybridized carbons (Fsp3) is 0.438. The van der Waals surface area contributed by atoms with Gasteiger partial charge >= 0.3 is 0 Å². The summed E-state index contributed by atoms with van der Waals surface area (Å²) in [6.07, 6.45) is 0. The minimum absolute atomic E-state index is 0.337. The molecule has 1 heterocycles. The molecular formula is C16H22ClN3. The number of halogens is 1. The predicted octanol–water partition coefficient (Wildman–Crippen LogP) is 4.57. The first kappa shape index (κ1) is 14.9. The van der Waals surface area contributed by atoms with Crippen LogP contribution in [-0.4, -0.2) is 9.55 Å². The van der Waals surface area contributed by atoms with E-state index in [0.717, 1.165) is 29.4 Å². The molecule has 0 aliphatic carbocycles. The second-order valence-corrected chi connectivity index (χ2v) is 6.31. The molecule has 0 radical (unpaired) electrons. The van der Waals surface area contributed by atoms with Gasteiger partial charge in [0, 0.05) is 23.0 Å². The summed E-state index contributed by atoms with van der Waals surface area (Å²) < 4.78 is 2.13. The molecule has 2 N–H and O–H groups in total. The number of hydrogen-bond acceptors (Lipinski definition) is 2. The van der Waals surface area contributed by atoms with Crippen molar-refractivity contribution >= 4 is 17.4 Å². The van der Waals surface area contributed by atoms with Gasteiger partial charge in [0.1, 0.15) is 17.3 Å². The summed E-state index contributed by atoms with van der Waals surface area (Å²) in [4.78, 5) is 4.75. The quantitative estimate of drug-likeness (QED) is 0.897. The molecule has 0 saturated carbocycles. The molecule has 0 unspecified atom stereocenters. The predicted molar refractivity (Wildman–Crippen MR) is 86.0 cm³/mol. The van der Waals surface area contributed by atoms with E-state index in [2.05, 4.69) is 32.3 Å². The number of anilines is 1. The Morgan fingerprint density at radius 3 is 2.50 bits per heavy atom. The van der Waals surface area contributed by atoms with Crippen molar-refractivity contribution in [3.8, 4) is 11.3 Å². The van der Waals surface area contributed by atoms with Gasteiger partial charge < -0.3 is 10.3 Å². The largest absolute Gasteiger partial charge is 0.383 e. The van der Waals surface area contributed by atoms with Crippen LogP contribution >= 0.6 is 11.6 Å². The van der Waals surface area contributed by atoms with Crippen LogP contribution in [0, 0.1) is 5.92 Å². The number of nitrogens with two attached hydrogens (primary N) is 1. The monoisotopic (exact) mass is 291 g/mol. The van der Waals surface area contributed by atoms with Crippen LogP contribution < -0.4 is 5.73 Å². The number of benzene rings is 1. The lowest BCUT2D eigenvalue weighted by atomic mass is 10.1. The minimum Gasteiger partial charge on any atom is -0.383 e. The summed E-state index contributed by atoms with van der Waals surface area (Å²) in [5.41, 5.74) is 8.13. The van der Waals surface area contributed by atoms with Crippen LogP contribution in [0.5, 0.6) is 0 Å². The SMILES string of the molecule is CC(C)Cn1c(C(C)C)nc(-c2cccc(Cl)c2)c1N. The highest BCUT2D eigenvalue weighted by atomic mass is 35.5. The molecule has 108 valence electrons. The Hall–Kier alpha value is -1.48. The van der Waals surface area contributed by atoms with Gasteiger partial charge in [-0.3, -0.25) is 0 Å². The molecule has 0 fully saturated rings. The second kappa shape index (κ2) is 5.88. The third kappa shape index (κ3) is 2.98. The highest BCUT2D eigenvalue weighted by molar-refractivity contribution is 6.30. The van der Waals surface area contributed by atoms with E-state index in [1.807, 2.05) is 24.3 Å². The average Bonchev–Trinajstić information content (AvgIpc) is 2.67. The van der Waals surface area contributed by atoms with Crippen molar-refractivity contribution in [2.24, 2.45) is 5.92 Å². The van der Waals surface area contributed by atoms with E-state index in [-0.39, 0.29) is 0 Å². The maximum atomic E-state index is 6.33. The molecule has 1 aromatic carbocycles. The van der Waals surface area contributed by atoms with Gasteiger partial charge in [0.2, 0.25) is 0 Å². The summed E-state index contributed by atoms with van der Waals surface area (Å²) in [5.74, 6) is 2.62. The zero-order valence-corrected chi connectivity index (χ0v) is 13.3. The summed E-state index contributed by atoms with van der Waals surface area (Å²) >= 11 is 6.07. The minimum atomic E-state index is 0.337. The number of rotatable bonds is 4. The lowest BCUT2D eigenvalue weighted by Crippen LogP contribution is -2.12. The molecule has 0 spiro atoms. The van der Waals surface area contributed by atoms with Gasteiger partial charge in [0.25, 0.3) is 0 Å². The Morgan fingerprint density at radius 2 is 1.95 bits per heavy atom. The molecule has 0 amide bonds. The molecule has 20 heavy (non-hydrogen) atoms. The van der Waals surface area contributed by atoms with Crippen LogP contribution in [0.4, 0.5) is 5.82 Å². The Bertz CT molecular complexity index is 600. The highest BCUT2D eigenvalue weighted by Gasteiger charge is 2.18. The first-order chi connectivity index (χ1) is 9.40. The van der Waals surface area contributed by atoms with Crippen LogP contribution in [0.1, 0.15) is 39.4 Å². The van der Waals surface area contributed by atoms with Crippen molar-refractivity contribution in [3.05, 3.63) is 35.1 Å². The van der Waals surface area contributed by atoms with E-state index in [1.54, 1.807) is 0 Å². The first-order valence-corrected chi connectivity index (χ1v) is 7.39. The normalized spacial score (nSPS) is 11.6. The van der Waals surface area contributed by atoms with Gasteiger partial charge in [-0.15, -0.1) is 0 Å². The van der Waals surface area contributed by atoms with Crippen LogP contribution in [-0.2, 0) is 6.54 Å². The number of imidazole rings is 1. The van der Waals surface area contributed by atoms with Crippen molar-refractivity contribution < 1.29 is 0 Å². The van der Waals surface area contributed by atoms with E-state index in [0.29, 0.717) is 16.9 Å². The van der Waals surface area contributed by atoms with Crippen molar-refractivity contribution in [1.82, 2.24) is 9.55 Å². The summed E-state index contributed by atoms with van der Waals surface area (Å²) in [7, 11) is 0. The highest BCUT2D eigenvalue weighted by Crippen LogP contribution is 2.31. The van der Waals surface area contributed by atoms with Gasteiger partial charge in [-0.2, -0.15) is 0 Å². The number of aromatic nitrogens is 2. The lowest BCUT2D eigenvalue weighted by Gasteiger charge is -2.14. The Labute approximate surface area is 125 Å². The van der Waals surface area contributed by atoms with E-state index >= 15 is 0 Å². The molecule has 0 aliphatic rings. The van der Waals surface area contributed by atoms with E-state index in [4.69, 9.17) is 22.3 Å². The van der Waals surface area contributed by atoms with Crippen molar-refractivity contribution in [3.63, 3.8) is 0 Å². The molecule has 1 aromatic heterocycles. The fourth-order valence-corrected chi connectivity index (χ4v) is 2.52. The Kier molecular flexibility index (Phi) is 4.39. The maximum absolute atomic E-state index is 6.33. The van der Waals surface area contributed by atoms with Gasteiger partial charge in [-0.25, -0.2) is 4.98 Å². The number of nitrogens with zero attached hydrogens (tertiary/aromatic N) is 2. The smallest absolute Gasteiger partial charge is 0.131 e. The summed E-state index contributed by atoms with van der Waals surface area (Å²) in [5, 5.41) is 0.700. The van der Waals surface area contributed by atoms with E-state index in [9.17, 15) is 0 Å². The van der Waals surface area contributed by atoms with Crippen molar-refractivity contribution in [2.75, 3.05) is 5.73 Å². The van der Waals surface area contributed by atoms with Crippen LogP contribution in [0.2, 0.25) is 5.02 Å². The van der Waals surface area contributed by atoms with Crippen molar-refractivity contribution in [1.29, 1.82) is 0 Å². The molecule has 0 bridgehead atoms. The standard InChI is InChI=1S/C16H22ClN3/c1-10(2)9-20-15(18)14(19-16(20)11(3)4)12-6-5-7-13(17)8-12/h5-8,10-11H,9,18H2,1-4H3. The van der Waals surface area contributed by atoms with Crippen LogP contribution in [0.15, 0.2) is 24.3 Å². The molecule has 2 aromatic rings. The van der Waals surface area contributed by atoms with E-state index < -0.39 is 0 Å². The Morgan fingerprint density at radius 1 is 1.25 bits per heavy atom. The van der Waals surface area contributed by atoms with Crippen LogP contribution in [0.3, 0.4) is 0 Å². The molecule has 0 aliphatic heterocycles. The topological polar surface area (TPSA) is 43.8 Å². The van der Waals surface area contributed by atoms with Gasteiger partial charge in [-0.1, -0.05) is 51.4 Å². The first-order valence-electron chi connectivity index (χ1n) is 7.02. The second-order valence-electron chi connectivity index (χ2n) is 5.87. The van der Waals surface area contributed by atoms with Crippen LogP contribution in [0.25, 0.3) is 11.3 Å². The third-order valence-electron chi connectivity index (χ3n) is 3.20. The van der Waals surface area contributed by atoms with Gasteiger partial charge in [0.05, 0.1) is 0 Å². The zero-order valence-electron chi connectivity index (χ0n) is 12.5. The lowest BCUT2D eigenvalue weighted by molar-refractivity contribution is 0.502. The van der Waals surface area contributed by atoms with E-state index in [1.165, 1.54) is 0 Å². The molecular weight excluding hydrogens is 270 g/mol. The fourth-order valence-electron chi connectivity index (χ4n) is 2.33. The molecule has 0 saturated heterocycles. The average molecular weight is 292 g/mol. The Balaban J connectivity index is 2.55. The van der Waals surface area contributed by atoms with Crippen molar-refractivity contribution in [2.45, 2.75) is 40.2 Å². The molecule has 0 atom stereocenters. The number of nitrogen functional groups attached to an aromatic ring is 1. The van der Waals surface area contributed by atoms with Gasteiger partial charge in [-0.05, 0) is 18.1 Å². The van der Waals surface area contributed by atoms with Gasteiger partial charge in [0.15, 0.2) is 0 Å². The molecule has 3 nitrogen and oxygen atoms in total. The summed E-state index contributed by atoms with van der Waals surface area (Å²) in [6, 6.07) is 7.68. The zero-order chi connectivity index (χ0) is 14.9. The number of hydrogen-bond donors (Lipinski definition) is 1. The molecule has 2 rings (SSSR count).